The molecule has 144 valence electrons. The standard InChI is InChI=1S/C21H25NO5/c1-24-18-8-13-5-6-22(23)12-15-10-20(26-3)19(25-2)9-14(15)7-17(22)16(13)11-21(18)27-4/h8-11,17H,5-7,12H2,1-4H3/t17-,22?/m1/s1. The Morgan fingerprint density at radius 2 is 1.30 bits per heavy atom. The normalized spacial score (nSPS) is 22.9. The van der Waals surface area contributed by atoms with Gasteiger partial charge in [0.1, 0.15) is 12.6 Å². The van der Waals surface area contributed by atoms with Gasteiger partial charge in [0.15, 0.2) is 23.0 Å². The van der Waals surface area contributed by atoms with Crippen LogP contribution in [0.3, 0.4) is 0 Å². The number of rotatable bonds is 4. The van der Waals surface area contributed by atoms with Gasteiger partial charge in [-0.2, -0.15) is 0 Å². The minimum atomic E-state index is -0.245. The van der Waals surface area contributed by atoms with Crippen molar-refractivity contribution in [2.45, 2.75) is 25.4 Å². The van der Waals surface area contributed by atoms with E-state index in [9.17, 15) is 5.21 Å². The molecule has 6 heteroatoms. The Bertz CT molecular complexity index is 881. The van der Waals surface area contributed by atoms with E-state index in [2.05, 4.69) is 0 Å². The Hall–Kier alpha value is -2.44. The van der Waals surface area contributed by atoms with Gasteiger partial charge in [0.25, 0.3) is 0 Å². The van der Waals surface area contributed by atoms with Gasteiger partial charge >= 0.3 is 0 Å². The predicted molar refractivity (Wildman–Crippen MR) is 101 cm³/mol. The van der Waals surface area contributed by atoms with Crippen molar-refractivity contribution in [3.63, 3.8) is 0 Å². The molecule has 1 unspecified atom stereocenters. The van der Waals surface area contributed by atoms with Crippen molar-refractivity contribution in [1.29, 1.82) is 0 Å². The Morgan fingerprint density at radius 1 is 0.778 bits per heavy atom. The van der Waals surface area contributed by atoms with Crippen LogP contribution in [0.4, 0.5) is 0 Å². The van der Waals surface area contributed by atoms with Crippen LogP contribution in [0, 0.1) is 5.21 Å². The molecule has 0 amide bonds. The number of fused-ring (bicyclic) bond motifs is 4. The van der Waals surface area contributed by atoms with Gasteiger partial charge in [-0.05, 0) is 35.4 Å². The Morgan fingerprint density at radius 3 is 1.89 bits per heavy atom. The predicted octanol–water partition coefficient (Wildman–Crippen LogP) is 3.39. The fraction of sp³-hybridized carbons (Fsp3) is 0.429. The molecule has 6 nitrogen and oxygen atoms in total. The molecular weight excluding hydrogens is 346 g/mol. The number of methoxy groups -OCH3 is 4. The summed E-state index contributed by atoms with van der Waals surface area (Å²) in [5, 5.41) is 13.7. The minimum Gasteiger partial charge on any atom is -0.632 e. The fourth-order valence-electron chi connectivity index (χ4n) is 4.45. The summed E-state index contributed by atoms with van der Waals surface area (Å²) < 4.78 is 21.5. The number of nitrogens with zero attached hydrogens (tertiary/aromatic N) is 1. The molecule has 0 spiro atoms. The third-order valence-electron chi connectivity index (χ3n) is 5.89. The first kappa shape index (κ1) is 17.9. The van der Waals surface area contributed by atoms with Crippen molar-refractivity contribution in [3.8, 4) is 23.0 Å². The van der Waals surface area contributed by atoms with Gasteiger partial charge in [-0.25, -0.2) is 0 Å². The van der Waals surface area contributed by atoms with Crippen LogP contribution in [0.2, 0.25) is 0 Å². The van der Waals surface area contributed by atoms with Crippen molar-refractivity contribution < 1.29 is 23.6 Å². The van der Waals surface area contributed by atoms with Gasteiger partial charge < -0.3 is 28.8 Å². The highest BCUT2D eigenvalue weighted by Crippen LogP contribution is 2.47. The highest BCUT2D eigenvalue weighted by molar-refractivity contribution is 5.52. The summed E-state index contributed by atoms with van der Waals surface area (Å²) in [5.74, 6) is 2.75. The molecule has 2 atom stereocenters. The second-order valence-electron chi connectivity index (χ2n) is 7.19. The average Bonchev–Trinajstić information content (AvgIpc) is 2.69. The van der Waals surface area contributed by atoms with Crippen molar-refractivity contribution in [2.24, 2.45) is 0 Å². The van der Waals surface area contributed by atoms with E-state index in [1.54, 1.807) is 28.4 Å². The first-order valence-electron chi connectivity index (χ1n) is 9.09. The van der Waals surface area contributed by atoms with E-state index in [1.165, 1.54) is 5.56 Å². The molecule has 2 aliphatic rings. The third kappa shape index (κ3) is 2.80. The zero-order valence-electron chi connectivity index (χ0n) is 16.2. The van der Waals surface area contributed by atoms with Gasteiger partial charge in [0.2, 0.25) is 0 Å². The largest absolute Gasteiger partial charge is 0.632 e. The van der Waals surface area contributed by atoms with E-state index in [0.717, 1.165) is 23.1 Å². The molecule has 4 rings (SSSR count). The maximum atomic E-state index is 13.7. The number of hydrogen-bond donors (Lipinski definition) is 0. The van der Waals surface area contributed by atoms with Crippen molar-refractivity contribution >= 4 is 0 Å². The Balaban J connectivity index is 1.80. The number of benzene rings is 2. The van der Waals surface area contributed by atoms with E-state index in [4.69, 9.17) is 18.9 Å². The first-order chi connectivity index (χ1) is 13.0. The average molecular weight is 371 g/mol. The number of ether oxygens (including phenoxy) is 4. The Kier molecular flexibility index (Phi) is 4.40. The lowest BCUT2D eigenvalue weighted by Gasteiger charge is -2.54. The highest BCUT2D eigenvalue weighted by atomic mass is 16.5. The summed E-state index contributed by atoms with van der Waals surface area (Å²) in [6, 6.07) is 7.80. The molecule has 0 aromatic heterocycles. The molecule has 2 aromatic carbocycles. The highest BCUT2D eigenvalue weighted by Gasteiger charge is 2.41. The molecule has 27 heavy (non-hydrogen) atoms. The lowest BCUT2D eigenvalue weighted by atomic mass is 9.83. The van der Waals surface area contributed by atoms with Crippen LogP contribution < -0.4 is 18.9 Å². The zero-order valence-corrected chi connectivity index (χ0v) is 16.2. The molecule has 2 heterocycles. The maximum absolute atomic E-state index is 13.7. The van der Waals surface area contributed by atoms with Crippen LogP contribution in [0.5, 0.6) is 23.0 Å². The number of quaternary nitrogens is 1. The molecule has 0 saturated heterocycles. The lowest BCUT2D eigenvalue weighted by molar-refractivity contribution is -0.928. The summed E-state index contributed by atoms with van der Waals surface area (Å²) in [6.07, 6.45) is 1.40. The molecule has 0 bridgehead atoms. The summed E-state index contributed by atoms with van der Waals surface area (Å²) in [4.78, 5) is 0. The van der Waals surface area contributed by atoms with Crippen LogP contribution in [0.15, 0.2) is 24.3 Å². The second-order valence-corrected chi connectivity index (χ2v) is 7.19. The summed E-state index contributed by atoms with van der Waals surface area (Å²) in [7, 11) is 6.51. The van der Waals surface area contributed by atoms with Crippen molar-refractivity contribution in [3.05, 3.63) is 51.7 Å². The van der Waals surface area contributed by atoms with Crippen LogP contribution in [-0.2, 0) is 19.4 Å². The van der Waals surface area contributed by atoms with Crippen molar-refractivity contribution in [1.82, 2.24) is 0 Å². The van der Waals surface area contributed by atoms with Gasteiger partial charge in [-0.1, -0.05) is 0 Å². The van der Waals surface area contributed by atoms with E-state index in [0.29, 0.717) is 42.5 Å². The van der Waals surface area contributed by atoms with E-state index < -0.39 is 0 Å². The van der Waals surface area contributed by atoms with Gasteiger partial charge in [0, 0.05) is 24.0 Å². The van der Waals surface area contributed by atoms with Crippen LogP contribution in [-0.4, -0.2) is 39.6 Å². The quantitative estimate of drug-likeness (QED) is 0.609. The Labute approximate surface area is 159 Å². The minimum absolute atomic E-state index is 0.154. The number of hydroxylamine groups is 3. The third-order valence-corrected chi connectivity index (χ3v) is 5.89. The van der Waals surface area contributed by atoms with Crippen LogP contribution in [0.1, 0.15) is 28.3 Å². The van der Waals surface area contributed by atoms with Crippen molar-refractivity contribution in [2.75, 3.05) is 35.0 Å². The molecule has 0 aliphatic carbocycles. The molecule has 0 saturated carbocycles. The van der Waals surface area contributed by atoms with E-state index >= 15 is 0 Å². The van der Waals surface area contributed by atoms with Gasteiger partial charge in [-0.15, -0.1) is 0 Å². The van der Waals surface area contributed by atoms with Gasteiger partial charge in [-0.3, -0.25) is 0 Å². The SMILES string of the molecule is COc1cc2c(cc1OC)C[N+]1([O-])CCc3cc(OC)c(OC)cc3[C@H]1C2. The topological polar surface area (TPSA) is 60.0 Å². The van der Waals surface area contributed by atoms with Gasteiger partial charge in [0.05, 0.1) is 35.0 Å². The molecule has 0 fully saturated rings. The summed E-state index contributed by atoms with van der Waals surface area (Å²) >= 11 is 0. The van der Waals surface area contributed by atoms with Crippen LogP contribution in [0.25, 0.3) is 0 Å². The summed E-state index contributed by atoms with van der Waals surface area (Å²) in [6.45, 7) is 0.995. The summed E-state index contributed by atoms with van der Waals surface area (Å²) in [5.41, 5.74) is 4.42. The maximum Gasteiger partial charge on any atom is 0.161 e. The fourth-order valence-corrected chi connectivity index (χ4v) is 4.45. The lowest BCUT2D eigenvalue weighted by Crippen LogP contribution is -2.52. The second kappa shape index (κ2) is 6.62. The first-order valence-corrected chi connectivity index (χ1v) is 9.09. The number of hydrogen-bond acceptors (Lipinski definition) is 5. The molecule has 0 radical (unpaired) electrons. The van der Waals surface area contributed by atoms with E-state index in [-0.39, 0.29) is 10.7 Å². The molecular formula is C21H25NO5. The monoisotopic (exact) mass is 371 g/mol. The molecule has 0 N–H and O–H groups in total. The molecule has 2 aromatic rings. The smallest absolute Gasteiger partial charge is 0.161 e. The van der Waals surface area contributed by atoms with Crippen LogP contribution >= 0.6 is 0 Å². The van der Waals surface area contributed by atoms with E-state index in [1.807, 2.05) is 24.3 Å². The molecule has 2 aliphatic heterocycles. The zero-order chi connectivity index (χ0) is 19.2.